The number of nitrogens with zero attached hydrogens (tertiary/aromatic N) is 5. The molecule has 0 saturated carbocycles. The smallest absolute Gasteiger partial charge is 0.271 e. The van der Waals surface area contributed by atoms with Crippen molar-refractivity contribution < 1.29 is 9.53 Å². The van der Waals surface area contributed by atoms with Crippen LogP contribution in [-0.4, -0.2) is 62.7 Å². The van der Waals surface area contributed by atoms with Gasteiger partial charge in [-0.05, 0) is 25.5 Å². The van der Waals surface area contributed by atoms with Crippen molar-refractivity contribution in [3.8, 4) is 5.88 Å². The molecule has 0 aliphatic carbocycles. The quantitative estimate of drug-likeness (QED) is 0.733. The summed E-state index contributed by atoms with van der Waals surface area (Å²) in [6, 6.07) is 5.38. The Morgan fingerprint density at radius 1 is 1.16 bits per heavy atom. The van der Waals surface area contributed by atoms with Crippen LogP contribution in [-0.2, 0) is 18.5 Å². The number of likely N-dealkylation sites (tertiary alicyclic amines) is 1. The first-order chi connectivity index (χ1) is 15.3. The van der Waals surface area contributed by atoms with Gasteiger partial charge in [0.1, 0.15) is 0 Å². The van der Waals surface area contributed by atoms with Gasteiger partial charge in [0.25, 0.3) is 11.5 Å². The molecule has 4 heterocycles. The fourth-order valence-electron chi connectivity index (χ4n) is 4.30. The molecule has 0 aromatic carbocycles. The lowest BCUT2D eigenvalue weighted by Gasteiger charge is -2.35. The molecule has 0 bridgehead atoms. The van der Waals surface area contributed by atoms with Gasteiger partial charge in [0.05, 0.1) is 18.8 Å². The lowest BCUT2D eigenvalue weighted by Crippen LogP contribution is -2.48. The molecule has 1 saturated heterocycles. The van der Waals surface area contributed by atoms with Crippen molar-refractivity contribution in [2.75, 3.05) is 26.2 Å². The van der Waals surface area contributed by atoms with Crippen LogP contribution in [0.25, 0.3) is 0 Å². The average Bonchev–Trinajstić information content (AvgIpc) is 3.21. The van der Waals surface area contributed by atoms with Gasteiger partial charge in [0, 0.05) is 49.6 Å². The number of carbonyl (C=O) groups is 1. The number of nitrogens with one attached hydrogen (secondary N) is 1. The Morgan fingerprint density at radius 2 is 2.00 bits per heavy atom. The molecular weight excluding hydrogens is 408 g/mol. The van der Waals surface area contributed by atoms with E-state index in [2.05, 4.69) is 41.2 Å². The van der Waals surface area contributed by atoms with E-state index < -0.39 is 0 Å². The largest absolute Gasteiger partial charge is 0.478 e. The molecule has 9 heteroatoms. The van der Waals surface area contributed by atoms with Gasteiger partial charge in [-0.25, -0.2) is 9.36 Å². The molecular formula is C23H34N6O3. The maximum Gasteiger partial charge on any atom is 0.271 e. The summed E-state index contributed by atoms with van der Waals surface area (Å²) in [6.45, 7) is 10.5. The Labute approximate surface area is 188 Å². The van der Waals surface area contributed by atoms with Crippen molar-refractivity contribution in [3.63, 3.8) is 0 Å². The number of aryl methyl sites for hydroxylation is 1. The number of fused-ring (bicyclic) bond motifs is 1. The summed E-state index contributed by atoms with van der Waals surface area (Å²) < 4.78 is 8.88. The standard InChI is InChI=1S/C23H34N6O3/c1-23(2,3)19-8-9-20(30)28(26-19)13-12-27-10-5-4-7-17(27)16-24-22(31)18-15-21-29(25-18)11-6-14-32-21/h8-9,15,17H,4-7,10-14,16H2,1-3H3,(H,24,31). The summed E-state index contributed by atoms with van der Waals surface area (Å²) in [5.41, 5.74) is 1.13. The summed E-state index contributed by atoms with van der Waals surface area (Å²) in [5.74, 6) is 0.493. The highest BCUT2D eigenvalue weighted by atomic mass is 16.5. The first-order valence-electron chi connectivity index (χ1n) is 11.6. The molecule has 0 radical (unpaired) electrons. The topological polar surface area (TPSA) is 94.3 Å². The Morgan fingerprint density at radius 3 is 2.78 bits per heavy atom. The summed E-state index contributed by atoms with van der Waals surface area (Å²) >= 11 is 0. The minimum absolute atomic E-state index is 0.0779. The van der Waals surface area contributed by atoms with E-state index in [0.717, 1.165) is 51.0 Å². The highest BCUT2D eigenvalue weighted by molar-refractivity contribution is 5.92. The van der Waals surface area contributed by atoms with E-state index in [-0.39, 0.29) is 22.9 Å². The lowest BCUT2D eigenvalue weighted by atomic mass is 9.92. The number of piperidine rings is 1. The molecule has 2 aromatic rings. The molecule has 2 aromatic heterocycles. The van der Waals surface area contributed by atoms with Crippen molar-refractivity contribution >= 4 is 5.91 Å². The third-order valence-corrected chi connectivity index (χ3v) is 6.22. The third-order valence-electron chi connectivity index (χ3n) is 6.22. The molecule has 174 valence electrons. The minimum Gasteiger partial charge on any atom is -0.478 e. The van der Waals surface area contributed by atoms with Gasteiger partial charge >= 0.3 is 0 Å². The number of hydrogen-bond acceptors (Lipinski definition) is 6. The van der Waals surface area contributed by atoms with E-state index in [1.165, 1.54) is 0 Å². The maximum atomic E-state index is 12.7. The van der Waals surface area contributed by atoms with E-state index in [4.69, 9.17) is 4.74 Å². The van der Waals surface area contributed by atoms with Crippen LogP contribution < -0.4 is 15.6 Å². The monoisotopic (exact) mass is 442 g/mol. The van der Waals surface area contributed by atoms with Gasteiger partial charge < -0.3 is 10.1 Å². The predicted molar refractivity (Wildman–Crippen MR) is 121 cm³/mol. The summed E-state index contributed by atoms with van der Waals surface area (Å²) in [5, 5.41) is 12.0. The van der Waals surface area contributed by atoms with Gasteiger partial charge in [-0.2, -0.15) is 10.2 Å². The van der Waals surface area contributed by atoms with Crippen LogP contribution >= 0.6 is 0 Å². The number of amides is 1. The Kier molecular flexibility index (Phi) is 6.64. The zero-order valence-electron chi connectivity index (χ0n) is 19.3. The first kappa shape index (κ1) is 22.5. The van der Waals surface area contributed by atoms with Crippen molar-refractivity contribution in [2.24, 2.45) is 0 Å². The van der Waals surface area contributed by atoms with Crippen LogP contribution in [0.15, 0.2) is 23.0 Å². The number of aromatic nitrogens is 4. The van der Waals surface area contributed by atoms with E-state index in [9.17, 15) is 9.59 Å². The Hall–Kier alpha value is -2.68. The predicted octanol–water partition coefficient (Wildman–Crippen LogP) is 1.80. The highest BCUT2D eigenvalue weighted by Gasteiger charge is 2.25. The fourth-order valence-corrected chi connectivity index (χ4v) is 4.30. The van der Waals surface area contributed by atoms with E-state index >= 15 is 0 Å². The number of carbonyl (C=O) groups excluding carboxylic acids is 1. The second-order valence-corrected chi connectivity index (χ2v) is 9.72. The molecule has 2 aliphatic rings. The number of rotatable bonds is 6. The minimum atomic E-state index is -0.170. The van der Waals surface area contributed by atoms with Crippen LogP contribution in [0, 0.1) is 0 Å². The maximum absolute atomic E-state index is 12.7. The van der Waals surface area contributed by atoms with Crippen LogP contribution in [0.5, 0.6) is 5.88 Å². The lowest BCUT2D eigenvalue weighted by molar-refractivity contribution is 0.0903. The Bertz CT molecular complexity index is 982. The van der Waals surface area contributed by atoms with Crippen LogP contribution in [0.1, 0.15) is 62.6 Å². The van der Waals surface area contributed by atoms with Gasteiger partial charge in [0.15, 0.2) is 5.69 Å². The van der Waals surface area contributed by atoms with Crippen molar-refractivity contribution in [1.82, 2.24) is 29.8 Å². The molecule has 9 nitrogen and oxygen atoms in total. The van der Waals surface area contributed by atoms with Crippen LogP contribution in [0.3, 0.4) is 0 Å². The third kappa shape index (κ3) is 5.20. The van der Waals surface area contributed by atoms with Crippen LogP contribution in [0.4, 0.5) is 0 Å². The van der Waals surface area contributed by atoms with Crippen molar-refractivity contribution in [2.45, 2.75) is 71.0 Å². The fraction of sp³-hybridized carbons (Fsp3) is 0.652. The zero-order chi connectivity index (χ0) is 22.7. The normalized spacial score (nSPS) is 19.3. The summed E-state index contributed by atoms with van der Waals surface area (Å²) in [6.07, 6.45) is 4.19. The van der Waals surface area contributed by atoms with Crippen molar-refractivity contribution in [3.05, 3.63) is 39.9 Å². The van der Waals surface area contributed by atoms with Crippen molar-refractivity contribution in [1.29, 1.82) is 0 Å². The summed E-state index contributed by atoms with van der Waals surface area (Å²) in [4.78, 5) is 27.3. The molecule has 1 N–H and O–H groups in total. The molecule has 0 spiro atoms. The SMILES string of the molecule is CC(C)(C)c1ccc(=O)n(CCN2CCCCC2CNC(=O)c2cc3n(n2)CCCO3)n1. The van der Waals surface area contributed by atoms with Gasteiger partial charge in [0.2, 0.25) is 5.88 Å². The molecule has 1 amide bonds. The molecule has 4 rings (SSSR count). The van der Waals surface area contributed by atoms with E-state index in [1.807, 2.05) is 6.07 Å². The van der Waals surface area contributed by atoms with Gasteiger partial charge in [-0.15, -0.1) is 0 Å². The molecule has 1 fully saturated rings. The molecule has 2 aliphatic heterocycles. The highest BCUT2D eigenvalue weighted by Crippen LogP contribution is 2.20. The number of ether oxygens (including phenoxy) is 1. The van der Waals surface area contributed by atoms with Crippen LogP contribution in [0.2, 0.25) is 0 Å². The summed E-state index contributed by atoms with van der Waals surface area (Å²) in [7, 11) is 0. The average molecular weight is 443 g/mol. The molecule has 32 heavy (non-hydrogen) atoms. The van der Waals surface area contributed by atoms with Gasteiger partial charge in [-0.1, -0.05) is 27.2 Å². The van der Waals surface area contributed by atoms with E-state index in [0.29, 0.717) is 31.3 Å². The first-order valence-corrected chi connectivity index (χ1v) is 11.6. The van der Waals surface area contributed by atoms with E-state index in [1.54, 1.807) is 21.5 Å². The molecule has 1 unspecified atom stereocenters. The van der Waals surface area contributed by atoms with Gasteiger partial charge in [-0.3, -0.25) is 14.5 Å². The zero-order valence-corrected chi connectivity index (χ0v) is 19.3. The second-order valence-electron chi connectivity index (χ2n) is 9.72. The molecule has 1 atom stereocenters. The second kappa shape index (κ2) is 9.44. The Balaban J connectivity index is 1.35. The number of hydrogen-bond donors (Lipinski definition) is 1.